The minimum absolute atomic E-state index is 0.00534. The highest BCUT2D eigenvalue weighted by molar-refractivity contribution is 5.94. The van der Waals surface area contributed by atoms with Gasteiger partial charge >= 0.3 is 0 Å². The van der Waals surface area contributed by atoms with Gasteiger partial charge in [-0.25, -0.2) is 0 Å². The van der Waals surface area contributed by atoms with Crippen LogP contribution in [0.25, 0.3) is 0 Å². The van der Waals surface area contributed by atoms with Crippen molar-refractivity contribution in [2.45, 2.75) is 92.3 Å². The van der Waals surface area contributed by atoms with E-state index in [2.05, 4.69) is 69.0 Å². The molecule has 1 amide bonds. The lowest BCUT2D eigenvalue weighted by Crippen LogP contribution is -2.41. The van der Waals surface area contributed by atoms with Crippen LogP contribution in [0.1, 0.15) is 90.9 Å². The maximum Gasteiger partial charge on any atom is 0.251 e. The predicted octanol–water partition coefficient (Wildman–Crippen LogP) is 6.08. The van der Waals surface area contributed by atoms with Gasteiger partial charge in [0.15, 0.2) is 0 Å². The Morgan fingerprint density at radius 1 is 1.09 bits per heavy atom. The number of carbonyl (C=O) groups is 1. The molecule has 0 spiro atoms. The Morgan fingerprint density at radius 3 is 2.30 bits per heavy atom. The van der Waals surface area contributed by atoms with Crippen molar-refractivity contribution >= 4 is 5.91 Å². The third-order valence-electron chi connectivity index (χ3n) is 6.97. The van der Waals surface area contributed by atoms with Gasteiger partial charge in [0.1, 0.15) is 5.75 Å². The molecular formula is C28H43N3O2. The maximum absolute atomic E-state index is 13.0. The molecule has 5 heteroatoms. The van der Waals surface area contributed by atoms with Gasteiger partial charge in [-0.2, -0.15) is 0 Å². The number of methoxy groups -OCH3 is 1. The van der Waals surface area contributed by atoms with Gasteiger partial charge in [-0.3, -0.25) is 14.7 Å². The van der Waals surface area contributed by atoms with E-state index in [9.17, 15) is 4.79 Å². The molecule has 3 atom stereocenters. The first kappa shape index (κ1) is 26.8. The van der Waals surface area contributed by atoms with Crippen LogP contribution in [0.2, 0.25) is 0 Å². The highest BCUT2D eigenvalue weighted by Crippen LogP contribution is 2.31. The molecule has 0 aliphatic carbocycles. The van der Waals surface area contributed by atoms with E-state index in [-0.39, 0.29) is 18.0 Å². The summed E-state index contributed by atoms with van der Waals surface area (Å²) < 4.78 is 5.49. The second-order valence-corrected chi connectivity index (χ2v) is 9.48. The number of pyridine rings is 1. The molecule has 1 heterocycles. The summed E-state index contributed by atoms with van der Waals surface area (Å²) in [7, 11) is 3.90. The average Bonchev–Trinajstić information content (AvgIpc) is 2.77. The molecule has 5 nitrogen and oxygen atoms in total. The van der Waals surface area contributed by atoms with Gasteiger partial charge in [-0.1, -0.05) is 25.8 Å². The minimum atomic E-state index is -0.00534. The van der Waals surface area contributed by atoms with Gasteiger partial charge in [0.25, 0.3) is 5.91 Å². The highest BCUT2D eigenvalue weighted by Gasteiger charge is 2.24. The molecule has 33 heavy (non-hydrogen) atoms. The van der Waals surface area contributed by atoms with Crippen LogP contribution in [-0.4, -0.2) is 42.0 Å². The van der Waals surface area contributed by atoms with Gasteiger partial charge in [0.05, 0.1) is 7.11 Å². The number of hydrogen-bond acceptors (Lipinski definition) is 4. The van der Waals surface area contributed by atoms with Crippen LogP contribution in [-0.2, 0) is 0 Å². The molecule has 0 fully saturated rings. The second-order valence-electron chi connectivity index (χ2n) is 9.48. The molecule has 0 saturated heterocycles. The van der Waals surface area contributed by atoms with Crippen LogP contribution in [0.5, 0.6) is 5.75 Å². The van der Waals surface area contributed by atoms with Crippen molar-refractivity contribution in [1.29, 1.82) is 0 Å². The summed E-state index contributed by atoms with van der Waals surface area (Å²) in [6.07, 6.45) is 4.11. The molecule has 182 valence electrons. The lowest BCUT2D eigenvalue weighted by atomic mass is 9.94. The topological polar surface area (TPSA) is 54.5 Å². The number of aromatic nitrogens is 1. The molecule has 1 aromatic heterocycles. The number of unbranched alkanes of at least 4 members (excludes halogenated alkanes) is 1. The first-order chi connectivity index (χ1) is 15.6. The molecule has 1 aromatic carbocycles. The fourth-order valence-corrected chi connectivity index (χ4v) is 4.60. The van der Waals surface area contributed by atoms with Crippen molar-refractivity contribution in [1.82, 2.24) is 15.2 Å². The lowest BCUT2D eigenvalue weighted by Gasteiger charge is -2.34. The van der Waals surface area contributed by atoms with E-state index in [0.717, 1.165) is 42.8 Å². The Kier molecular flexibility index (Phi) is 9.90. The Labute approximate surface area is 200 Å². The molecule has 0 aliphatic heterocycles. The van der Waals surface area contributed by atoms with E-state index >= 15 is 0 Å². The largest absolute Gasteiger partial charge is 0.496 e. The van der Waals surface area contributed by atoms with E-state index in [4.69, 9.17) is 4.74 Å². The summed E-state index contributed by atoms with van der Waals surface area (Å²) in [4.78, 5) is 19.8. The van der Waals surface area contributed by atoms with Crippen molar-refractivity contribution in [2.24, 2.45) is 0 Å². The molecule has 3 unspecified atom stereocenters. The van der Waals surface area contributed by atoms with Gasteiger partial charge < -0.3 is 10.1 Å². The van der Waals surface area contributed by atoms with Crippen LogP contribution >= 0.6 is 0 Å². The van der Waals surface area contributed by atoms with Crippen molar-refractivity contribution < 1.29 is 9.53 Å². The van der Waals surface area contributed by atoms with Crippen LogP contribution in [0.15, 0.2) is 24.3 Å². The van der Waals surface area contributed by atoms with Crippen molar-refractivity contribution in [2.75, 3.05) is 14.2 Å². The van der Waals surface area contributed by atoms with Gasteiger partial charge in [-0.05, 0) is 96.3 Å². The maximum atomic E-state index is 13.0. The Morgan fingerprint density at radius 2 is 1.73 bits per heavy atom. The molecule has 1 N–H and O–H groups in total. The smallest absolute Gasteiger partial charge is 0.251 e. The number of amides is 1. The first-order valence-electron chi connectivity index (χ1n) is 12.2. The molecule has 0 bridgehead atoms. The zero-order valence-corrected chi connectivity index (χ0v) is 22.1. The molecule has 0 aliphatic rings. The summed E-state index contributed by atoms with van der Waals surface area (Å²) in [5.41, 5.74) is 6.23. The second kappa shape index (κ2) is 12.2. The summed E-state index contributed by atoms with van der Waals surface area (Å²) >= 11 is 0. The number of carbonyl (C=O) groups excluding carboxylic acids is 1. The molecule has 0 saturated carbocycles. The van der Waals surface area contributed by atoms with E-state index in [1.165, 1.54) is 16.7 Å². The number of hydrogen-bond donors (Lipinski definition) is 1. The molecule has 2 rings (SSSR count). The van der Waals surface area contributed by atoms with Crippen LogP contribution < -0.4 is 10.1 Å². The van der Waals surface area contributed by atoms with E-state index in [1.807, 2.05) is 26.0 Å². The average molecular weight is 454 g/mol. The quantitative estimate of drug-likeness (QED) is 0.448. The SMILES string of the molecule is CCCCC(CC(C)N(C)C(C)c1ccc(OC)c(C)c1C)NC(=O)c1cc(C)nc(C)c1. The van der Waals surface area contributed by atoms with Crippen LogP contribution in [0, 0.1) is 27.7 Å². The van der Waals surface area contributed by atoms with Crippen molar-refractivity contribution in [3.63, 3.8) is 0 Å². The molecule has 2 aromatic rings. The summed E-state index contributed by atoms with van der Waals surface area (Å²) in [6, 6.07) is 8.68. The number of nitrogens with zero attached hydrogens (tertiary/aromatic N) is 2. The normalized spacial score (nSPS) is 14.1. The van der Waals surface area contributed by atoms with Crippen LogP contribution in [0.3, 0.4) is 0 Å². The summed E-state index contributed by atoms with van der Waals surface area (Å²) in [5, 5.41) is 3.31. The fourth-order valence-electron chi connectivity index (χ4n) is 4.60. The first-order valence-corrected chi connectivity index (χ1v) is 12.2. The Hall–Kier alpha value is -2.40. The third-order valence-corrected chi connectivity index (χ3v) is 6.97. The number of aryl methyl sites for hydroxylation is 2. The zero-order chi connectivity index (χ0) is 24.7. The van der Waals surface area contributed by atoms with E-state index in [0.29, 0.717) is 11.6 Å². The Balaban J connectivity index is 2.14. The van der Waals surface area contributed by atoms with Crippen LogP contribution in [0.4, 0.5) is 0 Å². The number of rotatable bonds is 11. The summed E-state index contributed by atoms with van der Waals surface area (Å²) in [6.45, 7) is 14.9. The Bertz CT molecular complexity index is 921. The highest BCUT2D eigenvalue weighted by atomic mass is 16.5. The molecular weight excluding hydrogens is 410 g/mol. The minimum Gasteiger partial charge on any atom is -0.496 e. The van der Waals surface area contributed by atoms with Crippen molar-refractivity contribution in [3.05, 3.63) is 57.9 Å². The zero-order valence-electron chi connectivity index (χ0n) is 22.1. The predicted molar refractivity (Wildman–Crippen MR) is 137 cm³/mol. The lowest BCUT2D eigenvalue weighted by molar-refractivity contribution is 0.0918. The standard InChI is InChI=1S/C28H43N3O2/c1-10-11-12-25(30-28(32)24-15-18(2)29-19(3)16-24)17-20(4)31(8)23(7)26-13-14-27(33-9)22(6)21(26)5/h13-16,20,23,25H,10-12,17H2,1-9H3,(H,30,32). The van der Waals surface area contributed by atoms with Gasteiger partial charge in [-0.15, -0.1) is 0 Å². The summed E-state index contributed by atoms with van der Waals surface area (Å²) in [5.74, 6) is 0.928. The number of ether oxygens (including phenoxy) is 1. The van der Waals surface area contributed by atoms with Gasteiger partial charge in [0, 0.05) is 35.1 Å². The fraction of sp³-hybridized carbons (Fsp3) is 0.571. The molecule has 0 radical (unpaired) electrons. The third kappa shape index (κ3) is 7.04. The number of benzene rings is 1. The van der Waals surface area contributed by atoms with E-state index < -0.39 is 0 Å². The number of nitrogens with one attached hydrogen (secondary N) is 1. The van der Waals surface area contributed by atoms with Crippen molar-refractivity contribution in [3.8, 4) is 5.75 Å². The van der Waals surface area contributed by atoms with E-state index in [1.54, 1.807) is 7.11 Å². The monoisotopic (exact) mass is 453 g/mol. The van der Waals surface area contributed by atoms with Gasteiger partial charge in [0.2, 0.25) is 0 Å².